The molecule has 3 atom stereocenters. The molecule has 0 aromatic heterocycles. The van der Waals surface area contributed by atoms with Crippen molar-refractivity contribution in [3.63, 3.8) is 0 Å². The molecule has 2 aliphatic rings. The Morgan fingerprint density at radius 1 is 1.05 bits per heavy atom. The highest BCUT2D eigenvalue weighted by molar-refractivity contribution is 5.48. The third kappa shape index (κ3) is 3.32. The third-order valence-electron chi connectivity index (χ3n) is 5.87. The van der Waals surface area contributed by atoms with Gasteiger partial charge in [-0.1, -0.05) is 44.4 Å². The highest BCUT2D eigenvalue weighted by Crippen LogP contribution is 2.40. The minimum atomic E-state index is -0.140. The summed E-state index contributed by atoms with van der Waals surface area (Å²) in [6.07, 6.45) is 9.99. The van der Waals surface area contributed by atoms with Crippen LogP contribution in [0.3, 0.4) is 0 Å². The first kappa shape index (κ1) is 15.9. The van der Waals surface area contributed by atoms with Crippen molar-refractivity contribution < 1.29 is 5.11 Å². The summed E-state index contributed by atoms with van der Waals surface area (Å²) in [5, 5.41) is 10.6. The molecule has 0 amide bonds. The van der Waals surface area contributed by atoms with Gasteiger partial charge in [-0.15, -0.1) is 0 Å². The van der Waals surface area contributed by atoms with E-state index in [4.69, 9.17) is 0 Å². The van der Waals surface area contributed by atoms with Gasteiger partial charge in [0.25, 0.3) is 0 Å². The molecule has 1 heterocycles. The molecule has 122 valence electrons. The average molecular weight is 301 g/mol. The van der Waals surface area contributed by atoms with Gasteiger partial charge < -0.3 is 10.0 Å². The first-order valence-corrected chi connectivity index (χ1v) is 9.31. The van der Waals surface area contributed by atoms with Crippen molar-refractivity contribution >= 4 is 5.69 Å². The van der Waals surface area contributed by atoms with Gasteiger partial charge in [0.15, 0.2) is 0 Å². The summed E-state index contributed by atoms with van der Waals surface area (Å²) >= 11 is 0. The lowest BCUT2D eigenvalue weighted by atomic mass is 9.72. The van der Waals surface area contributed by atoms with Gasteiger partial charge in [-0.2, -0.15) is 0 Å². The Bertz CT molecular complexity index is 440. The molecule has 1 aliphatic carbocycles. The first-order chi connectivity index (χ1) is 10.8. The number of hydrogen-bond donors (Lipinski definition) is 1. The van der Waals surface area contributed by atoms with Crippen molar-refractivity contribution in [2.45, 2.75) is 70.4 Å². The van der Waals surface area contributed by atoms with E-state index in [9.17, 15) is 5.11 Å². The van der Waals surface area contributed by atoms with Crippen LogP contribution >= 0.6 is 0 Å². The van der Waals surface area contributed by atoms with E-state index in [1.165, 1.54) is 50.6 Å². The van der Waals surface area contributed by atoms with Gasteiger partial charge in [0.05, 0.1) is 6.10 Å². The smallest absolute Gasteiger partial charge is 0.0585 e. The van der Waals surface area contributed by atoms with Gasteiger partial charge in [0.2, 0.25) is 0 Å². The van der Waals surface area contributed by atoms with E-state index in [1.807, 2.05) is 0 Å². The normalized spacial score (nSPS) is 28.5. The molecule has 1 saturated heterocycles. The number of benzene rings is 1. The quantitative estimate of drug-likeness (QED) is 0.877. The fourth-order valence-corrected chi connectivity index (χ4v) is 4.77. The SMILES string of the molecule is CCC(O)C1CCCN(c2ccccc2)C1C1CCCCC1. The second-order valence-corrected chi connectivity index (χ2v) is 7.20. The zero-order chi connectivity index (χ0) is 15.4. The predicted octanol–water partition coefficient (Wildman–Crippen LogP) is 4.62. The van der Waals surface area contributed by atoms with E-state index in [0.717, 1.165) is 18.9 Å². The Kier molecular flexibility index (Phi) is 5.41. The summed E-state index contributed by atoms with van der Waals surface area (Å²) in [5.74, 6) is 1.21. The van der Waals surface area contributed by atoms with Crippen LogP contribution in [0.25, 0.3) is 0 Å². The average Bonchev–Trinajstić information content (AvgIpc) is 2.62. The lowest BCUT2D eigenvalue weighted by molar-refractivity contribution is 0.0500. The van der Waals surface area contributed by atoms with Gasteiger partial charge in [0.1, 0.15) is 0 Å². The Balaban J connectivity index is 1.88. The molecule has 3 unspecified atom stereocenters. The lowest BCUT2D eigenvalue weighted by Crippen LogP contribution is -2.53. The molecule has 1 N–H and O–H groups in total. The van der Waals surface area contributed by atoms with Gasteiger partial charge in [-0.25, -0.2) is 0 Å². The van der Waals surface area contributed by atoms with Crippen LogP contribution in [0.4, 0.5) is 5.69 Å². The fourth-order valence-electron chi connectivity index (χ4n) is 4.77. The second kappa shape index (κ2) is 7.50. The maximum absolute atomic E-state index is 10.6. The van der Waals surface area contributed by atoms with Crippen molar-refractivity contribution in [2.24, 2.45) is 11.8 Å². The Morgan fingerprint density at radius 2 is 1.77 bits per heavy atom. The number of aliphatic hydroxyl groups excluding tert-OH is 1. The van der Waals surface area contributed by atoms with E-state index in [1.54, 1.807) is 0 Å². The standard InChI is InChI=1S/C20H31NO/c1-2-19(22)18-14-9-15-21(17-12-7-4-8-13-17)20(18)16-10-5-3-6-11-16/h4,7-8,12-13,16,18-20,22H,2-3,5-6,9-11,14-15H2,1H3. The van der Waals surface area contributed by atoms with Crippen LogP contribution < -0.4 is 4.90 Å². The molecule has 0 spiro atoms. The summed E-state index contributed by atoms with van der Waals surface area (Å²) < 4.78 is 0. The largest absolute Gasteiger partial charge is 0.393 e. The van der Waals surface area contributed by atoms with Crippen molar-refractivity contribution in [2.75, 3.05) is 11.4 Å². The second-order valence-electron chi connectivity index (χ2n) is 7.20. The fraction of sp³-hybridized carbons (Fsp3) is 0.700. The monoisotopic (exact) mass is 301 g/mol. The van der Waals surface area contributed by atoms with Crippen LogP contribution in [-0.4, -0.2) is 23.8 Å². The van der Waals surface area contributed by atoms with Crippen LogP contribution in [0.1, 0.15) is 58.3 Å². The molecule has 1 aromatic carbocycles. The van der Waals surface area contributed by atoms with E-state index < -0.39 is 0 Å². The van der Waals surface area contributed by atoms with Gasteiger partial charge in [0, 0.05) is 24.2 Å². The maximum atomic E-state index is 10.6. The molecule has 0 radical (unpaired) electrons. The summed E-state index contributed by atoms with van der Waals surface area (Å²) in [7, 11) is 0. The lowest BCUT2D eigenvalue weighted by Gasteiger charge is -2.49. The van der Waals surface area contributed by atoms with Gasteiger partial charge >= 0.3 is 0 Å². The zero-order valence-electron chi connectivity index (χ0n) is 14.0. The highest BCUT2D eigenvalue weighted by Gasteiger charge is 2.40. The van der Waals surface area contributed by atoms with Gasteiger partial charge in [-0.05, 0) is 50.2 Å². The van der Waals surface area contributed by atoms with Crippen LogP contribution in [0.2, 0.25) is 0 Å². The number of rotatable bonds is 4. The minimum Gasteiger partial charge on any atom is -0.393 e. The van der Waals surface area contributed by atoms with E-state index in [2.05, 4.69) is 42.2 Å². The molecular formula is C20H31NO. The molecule has 1 aromatic rings. The summed E-state index contributed by atoms with van der Waals surface area (Å²) in [6, 6.07) is 11.4. The van der Waals surface area contributed by atoms with Crippen molar-refractivity contribution in [3.05, 3.63) is 30.3 Å². The first-order valence-electron chi connectivity index (χ1n) is 9.31. The number of aliphatic hydroxyl groups is 1. The summed E-state index contributed by atoms with van der Waals surface area (Å²) in [5.41, 5.74) is 1.35. The highest BCUT2D eigenvalue weighted by atomic mass is 16.3. The molecule has 22 heavy (non-hydrogen) atoms. The minimum absolute atomic E-state index is 0.140. The summed E-state index contributed by atoms with van der Waals surface area (Å²) in [4.78, 5) is 2.63. The zero-order valence-corrected chi connectivity index (χ0v) is 14.0. The number of nitrogens with zero attached hydrogens (tertiary/aromatic N) is 1. The van der Waals surface area contributed by atoms with Crippen molar-refractivity contribution in [1.82, 2.24) is 0 Å². The van der Waals surface area contributed by atoms with Crippen molar-refractivity contribution in [3.8, 4) is 0 Å². The molecule has 2 nitrogen and oxygen atoms in total. The number of piperidine rings is 1. The van der Waals surface area contributed by atoms with Crippen LogP contribution in [0.15, 0.2) is 30.3 Å². The van der Waals surface area contributed by atoms with Gasteiger partial charge in [-0.3, -0.25) is 0 Å². The molecule has 0 bridgehead atoms. The number of para-hydroxylation sites is 1. The molecule has 1 saturated carbocycles. The van der Waals surface area contributed by atoms with Crippen molar-refractivity contribution in [1.29, 1.82) is 0 Å². The summed E-state index contributed by atoms with van der Waals surface area (Å²) in [6.45, 7) is 3.28. The molecular weight excluding hydrogens is 270 g/mol. The van der Waals surface area contributed by atoms with E-state index >= 15 is 0 Å². The molecule has 2 heteroatoms. The molecule has 2 fully saturated rings. The Hall–Kier alpha value is -1.02. The van der Waals surface area contributed by atoms with Crippen LogP contribution in [-0.2, 0) is 0 Å². The molecule has 3 rings (SSSR count). The van der Waals surface area contributed by atoms with Crippen LogP contribution in [0, 0.1) is 11.8 Å². The number of anilines is 1. The topological polar surface area (TPSA) is 23.5 Å². The Labute approximate surface area is 135 Å². The number of hydrogen-bond acceptors (Lipinski definition) is 2. The predicted molar refractivity (Wildman–Crippen MR) is 93.2 cm³/mol. The molecule has 1 aliphatic heterocycles. The Morgan fingerprint density at radius 3 is 2.45 bits per heavy atom. The third-order valence-corrected chi connectivity index (χ3v) is 5.87. The van der Waals surface area contributed by atoms with Crippen LogP contribution in [0.5, 0.6) is 0 Å². The van der Waals surface area contributed by atoms with E-state index in [-0.39, 0.29) is 6.10 Å². The van der Waals surface area contributed by atoms with E-state index in [0.29, 0.717) is 12.0 Å². The maximum Gasteiger partial charge on any atom is 0.0585 e.